The van der Waals surface area contributed by atoms with Gasteiger partial charge in [-0.1, -0.05) is 56.8 Å². The summed E-state index contributed by atoms with van der Waals surface area (Å²) in [7, 11) is 13.4. The van der Waals surface area contributed by atoms with Gasteiger partial charge in [-0.2, -0.15) is 0 Å². The number of phenolic OH excluding ortho intramolecular Hbond substituents is 1. The number of halogens is 3. The molecular formula is C30H31BI3N5OP2SY. The third-order valence-electron chi connectivity index (χ3n) is 5.89. The van der Waals surface area contributed by atoms with E-state index in [2.05, 4.69) is 144 Å². The Hall–Kier alpha value is -0.141. The Balaban J connectivity index is 0.000000256. The SMILES string of the molecule is CN(C)c1ccc(-c2cn3cc(I)ccc3n2)cc1.CNc1ccc(-c2nc3ccc(O)cc3s2)cc1.PCI.[B]PI.[Y]. The zero-order chi connectivity index (χ0) is 31.4. The number of thiazole rings is 1. The molecule has 225 valence electrons. The van der Waals surface area contributed by atoms with Crippen molar-refractivity contribution in [1.82, 2.24) is 14.4 Å². The summed E-state index contributed by atoms with van der Waals surface area (Å²) >= 11 is 8.24. The molecule has 6 aromatic rings. The number of benzene rings is 3. The maximum absolute atomic E-state index is 9.45. The van der Waals surface area contributed by atoms with Crippen molar-refractivity contribution in [2.45, 2.75) is 0 Å². The summed E-state index contributed by atoms with van der Waals surface area (Å²) in [5, 5.41) is 13.5. The fourth-order valence-electron chi connectivity index (χ4n) is 3.85. The van der Waals surface area contributed by atoms with Gasteiger partial charge in [-0.15, -0.1) is 26.7 Å². The molecule has 0 bridgehead atoms. The van der Waals surface area contributed by atoms with Gasteiger partial charge in [-0.3, -0.25) is 0 Å². The van der Waals surface area contributed by atoms with Gasteiger partial charge in [0, 0.05) is 96.5 Å². The quantitative estimate of drug-likeness (QED) is 0.0798. The van der Waals surface area contributed by atoms with Gasteiger partial charge in [0.15, 0.2) is 0 Å². The van der Waals surface area contributed by atoms with E-state index in [-0.39, 0.29) is 38.5 Å². The minimum Gasteiger partial charge on any atom is -0.508 e. The number of alkyl halides is 1. The standard InChI is InChI=1S/C15H14IN3.C14H12N2OS.CH4IP.BHIP.Y/c1-18(2)13-6-3-11(4-7-13)14-10-19-9-12(16)5-8-15(19)17-14;1-15-10-4-2-9(3-5-10)14-16-12-7-6-11(17)8-13(12)18-14;2-1-3;1-3-2;/h3-10H,1-2H3;2-8,15,17H,1H3;1,3H2;3H;. The zero-order valence-electron chi connectivity index (χ0n) is 24.4. The van der Waals surface area contributed by atoms with Crippen LogP contribution in [-0.4, -0.2) is 52.4 Å². The van der Waals surface area contributed by atoms with Crippen LogP contribution in [0.5, 0.6) is 5.75 Å². The van der Waals surface area contributed by atoms with E-state index < -0.39 is 0 Å². The first-order valence-corrected chi connectivity index (χ1v) is 21.3. The molecular weight excluding hydrogens is 1020 g/mol. The topological polar surface area (TPSA) is 65.7 Å². The first-order chi connectivity index (χ1) is 20.7. The molecule has 0 spiro atoms. The fourth-order valence-corrected chi connectivity index (χ4v) is 5.33. The number of nitrogens with one attached hydrogen (secondary N) is 1. The normalized spacial score (nSPS) is 10.2. The third-order valence-corrected chi connectivity index (χ3v) is 7.59. The molecule has 0 saturated carbocycles. The van der Waals surface area contributed by atoms with Gasteiger partial charge in [0.05, 0.1) is 15.9 Å². The number of phenols is 1. The number of rotatable bonds is 4. The van der Waals surface area contributed by atoms with Crippen LogP contribution in [0.3, 0.4) is 0 Å². The van der Waals surface area contributed by atoms with Gasteiger partial charge in [-0.25, -0.2) is 9.97 Å². The molecule has 3 aromatic heterocycles. The molecule has 0 aliphatic rings. The Morgan fingerprint density at radius 2 is 1.59 bits per heavy atom. The zero-order valence-corrected chi connectivity index (χ0v) is 36.7. The Morgan fingerprint density at radius 3 is 2.18 bits per heavy atom. The molecule has 0 aliphatic carbocycles. The van der Waals surface area contributed by atoms with Crippen molar-refractivity contribution in [3.05, 3.63) is 94.8 Å². The van der Waals surface area contributed by atoms with Crippen LogP contribution in [-0.2, 0) is 32.7 Å². The van der Waals surface area contributed by atoms with Crippen LogP contribution in [0.1, 0.15) is 0 Å². The van der Waals surface area contributed by atoms with Crippen molar-refractivity contribution < 1.29 is 37.8 Å². The molecule has 3 heterocycles. The molecule has 3 radical (unpaired) electrons. The summed E-state index contributed by atoms with van der Waals surface area (Å²) in [5.74, 6) is 0.281. The van der Waals surface area contributed by atoms with E-state index in [1.165, 1.54) is 9.26 Å². The first kappa shape index (κ1) is 40.0. The predicted octanol–water partition coefficient (Wildman–Crippen LogP) is 9.73. The molecule has 0 amide bonds. The molecule has 0 fully saturated rings. The van der Waals surface area contributed by atoms with Gasteiger partial charge < -0.3 is 19.7 Å². The van der Waals surface area contributed by atoms with Crippen molar-refractivity contribution in [2.75, 3.05) is 35.5 Å². The van der Waals surface area contributed by atoms with Crippen LogP contribution in [0.15, 0.2) is 91.3 Å². The number of hydrogen-bond donors (Lipinski definition) is 2. The predicted molar refractivity (Wildman–Crippen MR) is 221 cm³/mol. The molecule has 0 aliphatic heterocycles. The molecule has 2 unspecified atom stereocenters. The largest absolute Gasteiger partial charge is 0.508 e. The van der Waals surface area contributed by atoms with E-state index in [0.29, 0.717) is 6.10 Å². The van der Waals surface area contributed by atoms with Crippen molar-refractivity contribution in [3.8, 4) is 27.6 Å². The van der Waals surface area contributed by atoms with E-state index in [4.69, 9.17) is 7.57 Å². The van der Waals surface area contributed by atoms with E-state index in [1.807, 2.05) is 57.5 Å². The Kier molecular flexibility index (Phi) is 19.1. The van der Waals surface area contributed by atoms with Crippen LogP contribution >= 0.6 is 93.9 Å². The van der Waals surface area contributed by atoms with Gasteiger partial charge >= 0.3 is 0 Å². The number of aromatic nitrogens is 3. The Labute approximate surface area is 334 Å². The number of hydrogen-bond acceptors (Lipinski definition) is 6. The smallest absolute Gasteiger partial charge is 0.137 e. The van der Waals surface area contributed by atoms with Crippen molar-refractivity contribution in [3.63, 3.8) is 0 Å². The number of fused-ring (bicyclic) bond motifs is 2. The van der Waals surface area contributed by atoms with E-state index in [1.54, 1.807) is 23.5 Å². The summed E-state index contributed by atoms with van der Waals surface area (Å²) < 4.78 is 5.41. The molecule has 0 saturated heterocycles. The molecule has 3 aromatic carbocycles. The number of anilines is 2. The van der Waals surface area contributed by atoms with Crippen LogP contribution in [0, 0.1) is 3.57 Å². The third kappa shape index (κ3) is 12.1. The second-order valence-corrected chi connectivity index (χ2v) is 16.3. The average Bonchev–Trinajstić information content (AvgIpc) is 3.62. The minimum absolute atomic E-state index is 0. The summed E-state index contributed by atoms with van der Waals surface area (Å²) in [4.78, 5) is 11.3. The monoisotopic (exact) mass is 1050 g/mol. The molecule has 14 heteroatoms. The van der Waals surface area contributed by atoms with Crippen LogP contribution in [0.25, 0.3) is 37.7 Å². The number of aromatic hydroxyl groups is 1. The number of nitrogens with zero attached hydrogens (tertiary/aromatic N) is 4. The summed E-state index contributed by atoms with van der Waals surface area (Å²) in [6, 6.07) is 26.0. The maximum atomic E-state index is 9.45. The van der Waals surface area contributed by atoms with Gasteiger partial charge in [0.1, 0.15) is 24.0 Å². The first-order valence-electron chi connectivity index (χ1n) is 12.8. The molecule has 6 rings (SSSR count). The van der Waals surface area contributed by atoms with E-state index in [9.17, 15) is 5.11 Å². The van der Waals surface area contributed by atoms with Gasteiger partial charge in [-0.05, 0) is 89.3 Å². The Bertz CT molecular complexity index is 1720. The van der Waals surface area contributed by atoms with Crippen LogP contribution < -0.4 is 10.2 Å². The summed E-state index contributed by atoms with van der Waals surface area (Å²) in [6.45, 7) is 0. The average molecular weight is 1050 g/mol. The second-order valence-electron chi connectivity index (χ2n) is 8.94. The molecule has 2 atom stereocenters. The van der Waals surface area contributed by atoms with Crippen molar-refractivity contribution >= 4 is 129 Å². The molecule has 44 heavy (non-hydrogen) atoms. The van der Waals surface area contributed by atoms with E-state index >= 15 is 0 Å². The van der Waals surface area contributed by atoms with Gasteiger partial charge in [0.25, 0.3) is 0 Å². The molecule has 2 N–H and O–H groups in total. The van der Waals surface area contributed by atoms with E-state index in [0.717, 1.165) is 47.5 Å². The number of pyridine rings is 1. The summed E-state index contributed by atoms with van der Waals surface area (Å²) in [6.07, 6.45) is 4.71. The second kappa shape index (κ2) is 21.0. The summed E-state index contributed by atoms with van der Waals surface area (Å²) in [5.41, 5.74) is 7.42. The van der Waals surface area contributed by atoms with Crippen molar-refractivity contribution in [2.24, 2.45) is 0 Å². The Morgan fingerprint density at radius 1 is 0.977 bits per heavy atom. The minimum atomic E-state index is 0. The van der Waals surface area contributed by atoms with Crippen molar-refractivity contribution in [1.29, 1.82) is 0 Å². The fraction of sp³-hybridized carbons (Fsp3) is 0.133. The maximum Gasteiger partial charge on any atom is 0.137 e. The number of imidazole rings is 1. The van der Waals surface area contributed by atoms with Gasteiger partial charge in [0.2, 0.25) is 0 Å². The van der Waals surface area contributed by atoms with Crippen LogP contribution in [0.2, 0.25) is 0 Å². The van der Waals surface area contributed by atoms with Crippen LogP contribution in [0.4, 0.5) is 11.4 Å². The molecule has 6 nitrogen and oxygen atoms in total.